The molecular weight excluding hydrogens is 379 g/mol. The van der Waals surface area contributed by atoms with E-state index in [-0.39, 0.29) is 12.1 Å². The Labute approximate surface area is 159 Å². The van der Waals surface area contributed by atoms with Crippen LogP contribution in [0.2, 0.25) is 0 Å². The predicted molar refractivity (Wildman–Crippen MR) is 101 cm³/mol. The Hall–Kier alpha value is -1.87. The van der Waals surface area contributed by atoms with Crippen LogP contribution in [-0.2, 0) is 10.9 Å². The van der Waals surface area contributed by atoms with E-state index in [9.17, 15) is 18.3 Å². The van der Waals surface area contributed by atoms with Gasteiger partial charge in [-0.25, -0.2) is 4.98 Å². The lowest BCUT2D eigenvalue weighted by Gasteiger charge is -2.38. The topological polar surface area (TPSA) is 58.0 Å². The van der Waals surface area contributed by atoms with Crippen molar-refractivity contribution in [3.05, 3.63) is 23.8 Å². The molecule has 0 saturated carbocycles. The zero-order chi connectivity index (χ0) is 19.5. The second kappa shape index (κ2) is 8.02. The highest BCUT2D eigenvalue weighted by Crippen LogP contribution is 2.37. The number of halogens is 3. The third-order valence-electron chi connectivity index (χ3n) is 4.81. The molecule has 0 amide bonds. The largest absolute Gasteiger partial charge is 0.484 e. The van der Waals surface area contributed by atoms with Crippen molar-refractivity contribution in [2.24, 2.45) is 4.99 Å². The van der Waals surface area contributed by atoms with Gasteiger partial charge in [0.2, 0.25) is 0 Å². The number of piperidine rings is 1. The van der Waals surface area contributed by atoms with Crippen molar-refractivity contribution in [2.75, 3.05) is 31.2 Å². The lowest BCUT2D eigenvalue weighted by atomic mass is 9.85. The van der Waals surface area contributed by atoms with Crippen molar-refractivity contribution >= 4 is 33.1 Å². The summed E-state index contributed by atoms with van der Waals surface area (Å²) in [6.45, 7) is 3.82. The van der Waals surface area contributed by atoms with Crippen LogP contribution in [0.4, 0.5) is 18.3 Å². The van der Waals surface area contributed by atoms with Crippen LogP contribution in [0, 0.1) is 0 Å². The van der Waals surface area contributed by atoms with E-state index in [0.717, 1.165) is 30.1 Å². The standard InChI is InChI=1S/C18H22F3N3O2S/c1-2-26-12-22-17(7-10-25)5-8-24(9-6-17)16-23-14-4-3-13(18(19,20)21)11-15(14)27-16/h3-4,11-12,25H,2,5-10H2,1H3. The number of aliphatic hydroxyl groups is 1. The summed E-state index contributed by atoms with van der Waals surface area (Å²) in [5.74, 6) is 0. The third-order valence-corrected chi connectivity index (χ3v) is 5.89. The van der Waals surface area contributed by atoms with E-state index >= 15 is 0 Å². The Kier molecular flexibility index (Phi) is 5.90. The molecule has 3 rings (SSSR count). The number of hydrogen-bond donors (Lipinski definition) is 1. The van der Waals surface area contributed by atoms with Gasteiger partial charge in [-0.3, -0.25) is 4.99 Å². The first-order valence-corrected chi connectivity index (χ1v) is 9.67. The molecule has 1 aliphatic rings. The Balaban J connectivity index is 1.75. The minimum atomic E-state index is -4.36. The fourth-order valence-corrected chi connectivity index (χ4v) is 4.27. The zero-order valence-electron chi connectivity index (χ0n) is 15.0. The second-order valence-corrected chi connectivity index (χ2v) is 7.56. The molecule has 148 valence electrons. The number of ether oxygens (including phenoxy) is 1. The van der Waals surface area contributed by atoms with Crippen LogP contribution < -0.4 is 4.90 Å². The maximum atomic E-state index is 12.9. The first kappa shape index (κ1) is 19.9. The molecule has 27 heavy (non-hydrogen) atoms. The van der Waals surface area contributed by atoms with Crippen molar-refractivity contribution in [3.8, 4) is 0 Å². The Morgan fingerprint density at radius 1 is 1.37 bits per heavy atom. The molecule has 0 radical (unpaired) electrons. The second-order valence-electron chi connectivity index (χ2n) is 6.55. The number of nitrogens with zero attached hydrogens (tertiary/aromatic N) is 3. The summed E-state index contributed by atoms with van der Waals surface area (Å²) in [5.41, 5.74) is -0.443. The number of anilines is 1. The lowest BCUT2D eigenvalue weighted by molar-refractivity contribution is -0.137. The summed E-state index contributed by atoms with van der Waals surface area (Å²) >= 11 is 1.27. The van der Waals surface area contributed by atoms with Gasteiger partial charge in [0.1, 0.15) is 0 Å². The summed E-state index contributed by atoms with van der Waals surface area (Å²) < 4.78 is 44.4. The Bertz CT molecular complexity index is 799. The highest BCUT2D eigenvalue weighted by Gasteiger charge is 2.35. The van der Waals surface area contributed by atoms with Crippen LogP contribution >= 0.6 is 11.3 Å². The smallest absolute Gasteiger partial charge is 0.416 e. The van der Waals surface area contributed by atoms with Crippen LogP contribution in [0.1, 0.15) is 31.7 Å². The van der Waals surface area contributed by atoms with Gasteiger partial charge in [-0.15, -0.1) is 0 Å². The molecule has 0 atom stereocenters. The average Bonchev–Trinajstić information content (AvgIpc) is 3.05. The van der Waals surface area contributed by atoms with E-state index in [4.69, 9.17) is 4.74 Å². The zero-order valence-corrected chi connectivity index (χ0v) is 15.8. The molecule has 1 fully saturated rings. The average molecular weight is 401 g/mol. The van der Waals surface area contributed by atoms with Gasteiger partial charge in [0.05, 0.1) is 27.9 Å². The first-order chi connectivity index (χ1) is 12.9. The van der Waals surface area contributed by atoms with E-state index < -0.39 is 11.7 Å². The number of aliphatic imine (C=N–C) groups is 1. The highest BCUT2D eigenvalue weighted by molar-refractivity contribution is 7.22. The fourth-order valence-electron chi connectivity index (χ4n) is 3.21. The van der Waals surface area contributed by atoms with Gasteiger partial charge in [-0.2, -0.15) is 13.2 Å². The molecule has 0 spiro atoms. The first-order valence-electron chi connectivity index (χ1n) is 8.86. The van der Waals surface area contributed by atoms with Gasteiger partial charge in [-0.05, 0) is 44.4 Å². The number of aromatic nitrogens is 1. The number of hydrogen-bond acceptors (Lipinski definition) is 6. The van der Waals surface area contributed by atoms with Crippen molar-refractivity contribution < 1.29 is 23.0 Å². The van der Waals surface area contributed by atoms with E-state index in [1.165, 1.54) is 23.8 Å². The van der Waals surface area contributed by atoms with Crippen molar-refractivity contribution in [1.29, 1.82) is 0 Å². The molecule has 1 N–H and O–H groups in total. The number of benzene rings is 1. The third kappa shape index (κ3) is 4.52. The molecule has 5 nitrogen and oxygen atoms in total. The fraction of sp³-hybridized carbons (Fsp3) is 0.556. The number of fused-ring (bicyclic) bond motifs is 1. The molecule has 1 aromatic carbocycles. The maximum absolute atomic E-state index is 12.9. The van der Waals surface area contributed by atoms with Crippen LogP contribution in [0.25, 0.3) is 10.2 Å². The Morgan fingerprint density at radius 2 is 2.11 bits per heavy atom. The van der Waals surface area contributed by atoms with E-state index in [1.54, 1.807) is 0 Å². The molecule has 1 saturated heterocycles. The predicted octanol–water partition coefficient (Wildman–Crippen LogP) is 4.10. The highest BCUT2D eigenvalue weighted by atomic mass is 32.1. The van der Waals surface area contributed by atoms with Gasteiger partial charge in [0.25, 0.3) is 0 Å². The molecule has 0 unspecified atom stereocenters. The van der Waals surface area contributed by atoms with Crippen molar-refractivity contribution in [3.63, 3.8) is 0 Å². The minimum Gasteiger partial charge on any atom is -0.484 e. The molecule has 9 heteroatoms. The maximum Gasteiger partial charge on any atom is 0.416 e. The summed E-state index contributed by atoms with van der Waals surface area (Å²) in [6, 6.07) is 3.64. The van der Waals surface area contributed by atoms with E-state index in [2.05, 4.69) is 14.9 Å². The number of alkyl halides is 3. The summed E-state index contributed by atoms with van der Waals surface area (Å²) in [4.78, 5) is 11.1. The SMILES string of the molecule is CCOC=NC1(CCO)CCN(c2nc3ccc(C(F)(F)F)cc3s2)CC1. The molecule has 1 aliphatic heterocycles. The Morgan fingerprint density at radius 3 is 2.74 bits per heavy atom. The molecule has 0 bridgehead atoms. The van der Waals surface area contributed by atoms with Gasteiger partial charge in [0.15, 0.2) is 11.5 Å². The molecule has 0 aliphatic carbocycles. The van der Waals surface area contributed by atoms with Crippen molar-refractivity contribution in [2.45, 2.75) is 37.9 Å². The van der Waals surface area contributed by atoms with Crippen LogP contribution in [0.5, 0.6) is 0 Å². The van der Waals surface area contributed by atoms with Crippen LogP contribution in [-0.4, -0.2) is 48.3 Å². The lowest BCUT2D eigenvalue weighted by Crippen LogP contribution is -2.44. The summed E-state index contributed by atoms with van der Waals surface area (Å²) in [7, 11) is 0. The number of rotatable bonds is 6. The summed E-state index contributed by atoms with van der Waals surface area (Å²) in [6.07, 6.45) is -0.894. The number of thiazole rings is 1. The molecule has 2 heterocycles. The summed E-state index contributed by atoms with van der Waals surface area (Å²) in [5, 5.41) is 10.1. The van der Waals surface area contributed by atoms with E-state index in [0.29, 0.717) is 36.3 Å². The number of aliphatic hydroxyl groups excluding tert-OH is 1. The minimum absolute atomic E-state index is 0.0465. The van der Waals surface area contributed by atoms with Gasteiger partial charge in [0, 0.05) is 19.7 Å². The monoisotopic (exact) mass is 401 g/mol. The van der Waals surface area contributed by atoms with Crippen LogP contribution in [0.3, 0.4) is 0 Å². The molecular formula is C18H22F3N3O2S. The normalized spacial score (nSPS) is 17.7. The molecule has 2 aromatic rings. The van der Waals surface area contributed by atoms with Gasteiger partial charge in [-0.1, -0.05) is 11.3 Å². The van der Waals surface area contributed by atoms with Crippen LogP contribution in [0.15, 0.2) is 23.2 Å². The van der Waals surface area contributed by atoms with Crippen molar-refractivity contribution in [1.82, 2.24) is 4.98 Å². The van der Waals surface area contributed by atoms with E-state index in [1.807, 2.05) is 6.92 Å². The van der Waals surface area contributed by atoms with Gasteiger partial charge < -0.3 is 14.7 Å². The molecule has 1 aromatic heterocycles. The van der Waals surface area contributed by atoms with Gasteiger partial charge >= 0.3 is 6.18 Å². The quantitative estimate of drug-likeness (QED) is 0.585.